The summed E-state index contributed by atoms with van der Waals surface area (Å²) in [6.45, 7) is -0.0585. The van der Waals surface area contributed by atoms with Gasteiger partial charge in [0.2, 0.25) is 5.91 Å². The summed E-state index contributed by atoms with van der Waals surface area (Å²) < 4.78 is 10.9. The predicted octanol–water partition coefficient (Wildman–Crippen LogP) is 2.34. The first kappa shape index (κ1) is 16.2. The van der Waals surface area contributed by atoms with Gasteiger partial charge in [-0.3, -0.25) is 9.59 Å². The molecule has 0 aromatic heterocycles. The summed E-state index contributed by atoms with van der Waals surface area (Å²) in [7, 11) is 1.55. The van der Waals surface area contributed by atoms with Gasteiger partial charge in [-0.15, -0.1) is 0 Å². The van der Waals surface area contributed by atoms with Crippen LogP contribution in [-0.4, -0.2) is 31.6 Å². The highest BCUT2D eigenvalue weighted by Crippen LogP contribution is 2.57. The highest BCUT2D eigenvalue weighted by molar-refractivity contribution is 5.95. The van der Waals surface area contributed by atoms with Crippen LogP contribution in [-0.2, 0) is 9.59 Å². The Morgan fingerprint density at radius 2 is 1.88 bits per heavy atom. The fraction of sp³-hybridized carbons (Fsp3) is 0.579. The van der Waals surface area contributed by atoms with Gasteiger partial charge in [0.1, 0.15) is 0 Å². The Labute approximate surface area is 147 Å². The smallest absolute Gasteiger partial charge is 0.258 e. The summed E-state index contributed by atoms with van der Waals surface area (Å²) in [5.74, 6) is 2.30. The minimum Gasteiger partial charge on any atom is -0.493 e. The van der Waals surface area contributed by atoms with Crippen LogP contribution in [0, 0.1) is 17.8 Å². The first-order chi connectivity index (χ1) is 12.2. The van der Waals surface area contributed by atoms with Crippen LogP contribution in [0.1, 0.15) is 32.1 Å². The van der Waals surface area contributed by atoms with E-state index < -0.39 is 0 Å². The summed E-state index contributed by atoms with van der Waals surface area (Å²) in [6.07, 6.45) is 5.69. The molecule has 2 amide bonds. The quantitative estimate of drug-likeness (QED) is 0.796. The maximum absolute atomic E-state index is 12.4. The lowest BCUT2D eigenvalue weighted by molar-refractivity contribution is -0.123. The molecule has 3 fully saturated rings. The van der Waals surface area contributed by atoms with E-state index in [0.29, 0.717) is 35.1 Å². The van der Waals surface area contributed by atoms with Gasteiger partial charge in [0.25, 0.3) is 5.91 Å². The molecule has 0 bridgehead atoms. The minimum absolute atomic E-state index is 0.0585. The number of fused-ring (bicyclic) bond motifs is 1. The number of carbonyl (C=O) groups excluding carboxylic acids is 2. The Bertz CT molecular complexity index is 676. The van der Waals surface area contributed by atoms with Crippen LogP contribution in [0.2, 0.25) is 0 Å². The Morgan fingerprint density at radius 1 is 1.12 bits per heavy atom. The van der Waals surface area contributed by atoms with Crippen LogP contribution in [0.3, 0.4) is 0 Å². The van der Waals surface area contributed by atoms with E-state index in [4.69, 9.17) is 9.47 Å². The molecule has 0 spiro atoms. The van der Waals surface area contributed by atoms with Gasteiger partial charge in [-0.1, -0.05) is 6.42 Å². The molecule has 2 N–H and O–H groups in total. The van der Waals surface area contributed by atoms with Crippen molar-refractivity contribution in [3.63, 3.8) is 0 Å². The molecule has 0 unspecified atom stereocenters. The van der Waals surface area contributed by atoms with E-state index in [1.54, 1.807) is 25.3 Å². The van der Waals surface area contributed by atoms with E-state index in [-0.39, 0.29) is 24.3 Å². The van der Waals surface area contributed by atoms with Gasteiger partial charge in [0.15, 0.2) is 18.1 Å². The number of nitrogens with one attached hydrogen (secondary N) is 2. The lowest BCUT2D eigenvalue weighted by Crippen LogP contribution is -2.30. The van der Waals surface area contributed by atoms with Crippen molar-refractivity contribution in [3.8, 4) is 11.5 Å². The molecule has 1 aromatic carbocycles. The van der Waals surface area contributed by atoms with Crippen molar-refractivity contribution in [2.24, 2.45) is 17.8 Å². The molecule has 3 aliphatic rings. The lowest BCUT2D eigenvalue weighted by atomic mass is 10.1. The maximum atomic E-state index is 12.4. The fourth-order valence-corrected chi connectivity index (χ4v) is 3.94. The number of benzene rings is 1. The number of hydrogen-bond donors (Lipinski definition) is 2. The summed E-state index contributed by atoms with van der Waals surface area (Å²) in [4.78, 5) is 24.2. The van der Waals surface area contributed by atoms with Crippen LogP contribution in [0.15, 0.2) is 18.2 Å². The zero-order chi connectivity index (χ0) is 17.4. The van der Waals surface area contributed by atoms with Crippen LogP contribution in [0.5, 0.6) is 11.5 Å². The molecule has 3 aliphatic carbocycles. The van der Waals surface area contributed by atoms with Crippen LogP contribution in [0.25, 0.3) is 0 Å². The molecule has 0 saturated heterocycles. The molecule has 2 atom stereocenters. The second-order valence-electron chi connectivity index (χ2n) is 7.27. The van der Waals surface area contributed by atoms with Crippen LogP contribution < -0.4 is 20.1 Å². The zero-order valence-corrected chi connectivity index (χ0v) is 14.4. The highest BCUT2D eigenvalue weighted by atomic mass is 16.5. The lowest BCUT2D eigenvalue weighted by Gasteiger charge is -2.13. The number of methoxy groups -OCH3 is 1. The van der Waals surface area contributed by atoms with E-state index in [1.165, 1.54) is 19.3 Å². The number of ether oxygens (including phenoxy) is 2. The molecule has 0 aliphatic heterocycles. The molecule has 3 saturated carbocycles. The first-order valence-corrected chi connectivity index (χ1v) is 9.07. The molecule has 6 heteroatoms. The van der Waals surface area contributed by atoms with Crippen LogP contribution in [0.4, 0.5) is 5.69 Å². The average molecular weight is 344 g/mol. The van der Waals surface area contributed by atoms with Crippen molar-refractivity contribution < 1.29 is 19.1 Å². The standard InChI is InChI=1S/C19H24N2O4/c1-24-15-8-7-12(21-19(23)18-13-3-2-4-14(13)18)9-16(15)25-10-17(22)20-11-5-6-11/h7-9,11,13-14,18H,2-6,10H2,1H3,(H,20,22)(H,21,23)/t13-,14-/m1/s1. The van der Waals surface area contributed by atoms with Crippen molar-refractivity contribution in [1.82, 2.24) is 5.32 Å². The predicted molar refractivity (Wildman–Crippen MR) is 92.6 cm³/mol. The van der Waals surface area contributed by atoms with Crippen molar-refractivity contribution >= 4 is 17.5 Å². The molecule has 1 aromatic rings. The molecular weight excluding hydrogens is 320 g/mol. The average Bonchev–Trinajstić information content (AvgIpc) is 3.51. The molecule has 134 valence electrons. The van der Waals surface area contributed by atoms with Gasteiger partial charge in [0.05, 0.1) is 7.11 Å². The molecule has 0 radical (unpaired) electrons. The SMILES string of the molecule is COc1ccc(NC(=O)C2[C@@H]3CCC[C@@H]23)cc1OCC(=O)NC1CC1. The maximum Gasteiger partial charge on any atom is 0.258 e. The van der Waals surface area contributed by atoms with Gasteiger partial charge >= 0.3 is 0 Å². The van der Waals surface area contributed by atoms with Gasteiger partial charge in [-0.2, -0.15) is 0 Å². The van der Waals surface area contributed by atoms with Crippen molar-refractivity contribution in [1.29, 1.82) is 0 Å². The third kappa shape index (κ3) is 3.57. The van der Waals surface area contributed by atoms with E-state index >= 15 is 0 Å². The molecular formula is C19H24N2O4. The number of rotatable bonds is 7. The van der Waals surface area contributed by atoms with Gasteiger partial charge in [-0.25, -0.2) is 0 Å². The molecule has 25 heavy (non-hydrogen) atoms. The van der Waals surface area contributed by atoms with E-state index in [9.17, 15) is 9.59 Å². The topological polar surface area (TPSA) is 76.7 Å². The second-order valence-corrected chi connectivity index (χ2v) is 7.27. The van der Waals surface area contributed by atoms with Gasteiger partial charge in [-0.05, 0) is 49.7 Å². The molecule has 0 heterocycles. The third-order valence-electron chi connectivity index (χ3n) is 5.44. The summed E-state index contributed by atoms with van der Waals surface area (Å²) in [5, 5.41) is 5.86. The van der Waals surface area contributed by atoms with E-state index in [1.807, 2.05) is 0 Å². The minimum atomic E-state index is -0.134. The number of hydrogen-bond acceptors (Lipinski definition) is 4. The molecule has 6 nitrogen and oxygen atoms in total. The fourth-order valence-electron chi connectivity index (χ4n) is 3.94. The largest absolute Gasteiger partial charge is 0.493 e. The van der Waals surface area contributed by atoms with Crippen molar-refractivity contribution in [2.45, 2.75) is 38.1 Å². The third-order valence-corrected chi connectivity index (χ3v) is 5.44. The zero-order valence-electron chi connectivity index (χ0n) is 14.4. The second kappa shape index (κ2) is 6.58. The Kier molecular flexibility index (Phi) is 4.27. The normalized spacial score (nSPS) is 26.5. The summed E-state index contributed by atoms with van der Waals surface area (Å²) in [5.41, 5.74) is 0.674. The van der Waals surface area contributed by atoms with E-state index in [0.717, 1.165) is 12.8 Å². The molecule has 4 rings (SSSR count). The Balaban J connectivity index is 1.37. The number of anilines is 1. The van der Waals surface area contributed by atoms with E-state index in [2.05, 4.69) is 10.6 Å². The van der Waals surface area contributed by atoms with Gasteiger partial charge in [0, 0.05) is 23.7 Å². The van der Waals surface area contributed by atoms with Gasteiger partial charge < -0.3 is 20.1 Å². The van der Waals surface area contributed by atoms with Crippen molar-refractivity contribution in [2.75, 3.05) is 19.0 Å². The Morgan fingerprint density at radius 3 is 2.56 bits per heavy atom. The Hall–Kier alpha value is -2.24. The first-order valence-electron chi connectivity index (χ1n) is 9.07. The number of amides is 2. The summed E-state index contributed by atoms with van der Waals surface area (Å²) in [6, 6.07) is 5.57. The highest BCUT2D eigenvalue weighted by Gasteiger charge is 2.56. The summed E-state index contributed by atoms with van der Waals surface area (Å²) >= 11 is 0. The van der Waals surface area contributed by atoms with Crippen LogP contribution >= 0.6 is 0 Å². The monoisotopic (exact) mass is 344 g/mol. The number of carbonyl (C=O) groups is 2. The van der Waals surface area contributed by atoms with Crippen molar-refractivity contribution in [3.05, 3.63) is 18.2 Å².